The van der Waals surface area contributed by atoms with E-state index in [0.717, 1.165) is 74.2 Å². The van der Waals surface area contributed by atoms with Crippen molar-refractivity contribution in [2.45, 2.75) is 31.5 Å². The summed E-state index contributed by atoms with van der Waals surface area (Å²) in [6.45, 7) is 4.91. The molecule has 0 amide bonds. The average Bonchev–Trinajstić information content (AvgIpc) is 3.65. The summed E-state index contributed by atoms with van der Waals surface area (Å²) in [5.74, 6) is 1.76. The largest absolute Gasteiger partial charge is 0.379 e. The molecule has 0 spiro atoms. The van der Waals surface area contributed by atoms with E-state index < -0.39 is 0 Å². The highest BCUT2D eigenvalue weighted by molar-refractivity contribution is 7.18. The molecule has 3 aromatic heterocycles. The number of ether oxygens (including phenoxy) is 2. The highest BCUT2D eigenvalue weighted by atomic mass is 32.1. The van der Waals surface area contributed by atoms with E-state index in [0.29, 0.717) is 0 Å². The minimum absolute atomic E-state index is 0.0362. The Labute approximate surface area is 207 Å². The van der Waals surface area contributed by atoms with Gasteiger partial charge in [0.05, 0.1) is 37.3 Å². The first kappa shape index (κ1) is 22.1. The average molecular weight is 493 g/mol. The molecule has 0 saturated carbocycles. The number of thiophene rings is 2. The van der Waals surface area contributed by atoms with E-state index in [9.17, 15) is 0 Å². The molecule has 4 aromatic rings. The third-order valence-corrected chi connectivity index (χ3v) is 8.30. The normalized spacial score (nSPS) is 20.1. The Morgan fingerprint density at radius 3 is 2.68 bits per heavy atom. The molecule has 176 valence electrons. The molecule has 2 saturated heterocycles. The zero-order valence-electron chi connectivity index (χ0n) is 19.0. The van der Waals surface area contributed by atoms with Crippen LogP contribution in [-0.2, 0) is 16.0 Å². The van der Waals surface area contributed by atoms with Crippen molar-refractivity contribution < 1.29 is 9.47 Å². The Morgan fingerprint density at radius 2 is 1.91 bits per heavy atom. The maximum absolute atomic E-state index is 6.17. The molecule has 2 atom stereocenters. The maximum atomic E-state index is 6.17. The lowest BCUT2D eigenvalue weighted by Crippen LogP contribution is -2.36. The van der Waals surface area contributed by atoms with Gasteiger partial charge in [0.15, 0.2) is 0 Å². The monoisotopic (exact) mass is 492 g/mol. The standard InChI is InChI=1S/C26H28N4O2S2/c1-2-6-18(7-3-1)24(20-8-4-12-32-20)29-25-23-19(21-9-5-15-33-21)17-34-26(23)28-22(27-25)16-30-10-13-31-14-11-30/h1-3,5-7,9,15,17,20,24H,4,8,10-14,16H2,(H,27,28,29). The lowest BCUT2D eigenvalue weighted by atomic mass is 9.99. The van der Waals surface area contributed by atoms with Gasteiger partial charge in [-0.25, -0.2) is 9.97 Å². The molecule has 6 nitrogen and oxygen atoms in total. The fourth-order valence-electron chi connectivity index (χ4n) is 4.80. The molecular weight excluding hydrogens is 464 g/mol. The fraction of sp³-hybridized carbons (Fsp3) is 0.385. The van der Waals surface area contributed by atoms with Crippen LogP contribution in [0.5, 0.6) is 0 Å². The number of hydrogen-bond acceptors (Lipinski definition) is 8. The molecule has 1 aromatic carbocycles. The Kier molecular flexibility index (Phi) is 6.57. The molecule has 5 heterocycles. The number of hydrogen-bond donors (Lipinski definition) is 1. The summed E-state index contributed by atoms with van der Waals surface area (Å²) in [7, 11) is 0. The van der Waals surface area contributed by atoms with E-state index in [1.807, 2.05) is 0 Å². The van der Waals surface area contributed by atoms with Crippen LogP contribution in [0.1, 0.15) is 30.3 Å². The molecule has 0 aliphatic carbocycles. The first-order chi connectivity index (χ1) is 16.8. The molecular formula is C26H28N4O2S2. The van der Waals surface area contributed by atoms with Gasteiger partial charge in [0.25, 0.3) is 0 Å². The van der Waals surface area contributed by atoms with Gasteiger partial charge < -0.3 is 14.8 Å². The van der Waals surface area contributed by atoms with Gasteiger partial charge in [-0.15, -0.1) is 22.7 Å². The van der Waals surface area contributed by atoms with Gasteiger partial charge in [0.1, 0.15) is 16.5 Å². The van der Waals surface area contributed by atoms with E-state index in [4.69, 9.17) is 19.4 Å². The highest BCUT2D eigenvalue weighted by Gasteiger charge is 2.29. The van der Waals surface area contributed by atoms with Crippen molar-refractivity contribution in [1.29, 1.82) is 0 Å². The first-order valence-corrected chi connectivity index (χ1v) is 13.7. The van der Waals surface area contributed by atoms with Crippen molar-refractivity contribution in [2.24, 2.45) is 0 Å². The summed E-state index contributed by atoms with van der Waals surface area (Å²) >= 11 is 3.45. The Morgan fingerprint density at radius 1 is 1.03 bits per heavy atom. The maximum Gasteiger partial charge on any atom is 0.146 e. The predicted molar refractivity (Wildman–Crippen MR) is 139 cm³/mol. The molecule has 6 rings (SSSR count). The number of morpholine rings is 1. The van der Waals surface area contributed by atoms with Crippen LogP contribution in [0.4, 0.5) is 5.82 Å². The van der Waals surface area contributed by atoms with Crippen LogP contribution in [0.15, 0.2) is 53.2 Å². The molecule has 2 aliphatic rings. The van der Waals surface area contributed by atoms with Crippen LogP contribution in [0.25, 0.3) is 20.7 Å². The van der Waals surface area contributed by atoms with Gasteiger partial charge in [-0.05, 0) is 29.9 Å². The number of fused-ring (bicyclic) bond motifs is 1. The van der Waals surface area contributed by atoms with Crippen LogP contribution in [0.2, 0.25) is 0 Å². The number of benzene rings is 1. The zero-order valence-corrected chi connectivity index (χ0v) is 20.6. The van der Waals surface area contributed by atoms with Gasteiger partial charge in [-0.1, -0.05) is 36.4 Å². The van der Waals surface area contributed by atoms with E-state index in [-0.39, 0.29) is 12.1 Å². The molecule has 0 radical (unpaired) electrons. The Bertz CT molecular complexity index is 1220. The van der Waals surface area contributed by atoms with Crippen molar-refractivity contribution in [1.82, 2.24) is 14.9 Å². The van der Waals surface area contributed by atoms with E-state index in [2.05, 4.69) is 63.4 Å². The summed E-state index contributed by atoms with van der Waals surface area (Å²) in [6, 6.07) is 14.9. The second kappa shape index (κ2) is 10.1. The summed E-state index contributed by atoms with van der Waals surface area (Å²) in [4.78, 5) is 14.8. The SMILES string of the molecule is c1ccc(C(Nc2nc(CN3CCOCC3)nc3scc(-c4cccs4)c23)C2CCCO2)cc1. The summed E-state index contributed by atoms with van der Waals surface area (Å²) in [5.41, 5.74) is 2.43. The first-order valence-electron chi connectivity index (χ1n) is 11.9. The van der Waals surface area contributed by atoms with E-state index in [1.54, 1.807) is 22.7 Å². The quantitative estimate of drug-likeness (QED) is 0.363. The minimum Gasteiger partial charge on any atom is -0.379 e. The summed E-state index contributed by atoms with van der Waals surface area (Å²) < 4.78 is 11.7. The summed E-state index contributed by atoms with van der Waals surface area (Å²) in [6.07, 6.45) is 2.26. The molecule has 2 fully saturated rings. The number of rotatable bonds is 7. The van der Waals surface area contributed by atoms with Gasteiger partial charge >= 0.3 is 0 Å². The lowest BCUT2D eigenvalue weighted by Gasteiger charge is -2.27. The zero-order chi connectivity index (χ0) is 22.7. The third kappa shape index (κ3) is 4.61. The molecule has 8 heteroatoms. The fourth-order valence-corrected chi connectivity index (χ4v) is 6.58. The van der Waals surface area contributed by atoms with Crippen LogP contribution >= 0.6 is 22.7 Å². The number of anilines is 1. The smallest absolute Gasteiger partial charge is 0.146 e. The number of nitrogens with one attached hydrogen (secondary N) is 1. The third-order valence-electron chi connectivity index (χ3n) is 6.52. The Hall–Kier alpha value is -2.36. The Balaban J connectivity index is 1.42. The molecule has 2 aliphatic heterocycles. The molecule has 1 N–H and O–H groups in total. The van der Waals surface area contributed by atoms with Crippen LogP contribution < -0.4 is 5.32 Å². The topological polar surface area (TPSA) is 59.5 Å². The van der Waals surface area contributed by atoms with Gasteiger partial charge in [-0.2, -0.15) is 0 Å². The molecule has 34 heavy (non-hydrogen) atoms. The van der Waals surface area contributed by atoms with Crippen LogP contribution in [0.3, 0.4) is 0 Å². The van der Waals surface area contributed by atoms with Crippen LogP contribution in [-0.4, -0.2) is 53.9 Å². The van der Waals surface area contributed by atoms with Crippen molar-refractivity contribution in [2.75, 3.05) is 38.2 Å². The number of aromatic nitrogens is 2. The van der Waals surface area contributed by atoms with Gasteiger partial charge in [0.2, 0.25) is 0 Å². The second-order valence-corrected chi connectivity index (χ2v) is 10.6. The number of nitrogens with zero attached hydrogens (tertiary/aromatic N) is 3. The van der Waals surface area contributed by atoms with Crippen molar-refractivity contribution in [3.05, 3.63) is 64.6 Å². The highest BCUT2D eigenvalue weighted by Crippen LogP contribution is 2.41. The van der Waals surface area contributed by atoms with Crippen molar-refractivity contribution in [3.63, 3.8) is 0 Å². The second-order valence-electron chi connectivity index (χ2n) is 8.77. The van der Waals surface area contributed by atoms with E-state index >= 15 is 0 Å². The van der Waals surface area contributed by atoms with Crippen LogP contribution in [0, 0.1) is 0 Å². The van der Waals surface area contributed by atoms with Gasteiger partial charge in [0, 0.05) is 35.5 Å². The van der Waals surface area contributed by atoms with Crippen molar-refractivity contribution >= 4 is 38.7 Å². The van der Waals surface area contributed by atoms with Gasteiger partial charge in [-0.3, -0.25) is 4.90 Å². The molecule has 2 unspecified atom stereocenters. The minimum atomic E-state index is 0.0362. The lowest BCUT2D eigenvalue weighted by molar-refractivity contribution is 0.0331. The predicted octanol–water partition coefficient (Wildman–Crippen LogP) is 5.58. The van der Waals surface area contributed by atoms with E-state index in [1.165, 1.54) is 16.0 Å². The summed E-state index contributed by atoms with van der Waals surface area (Å²) in [5, 5.41) is 9.29. The molecule has 0 bridgehead atoms. The van der Waals surface area contributed by atoms with Crippen molar-refractivity contribution in [3.8, 4) is 10.4 Å².